The van der Waals surface area contributed by atoms with Gasteiger partial charge in [0.15, 0.2) is 0 Å². The molecule has 0 radical (unpaired) electrons. The Morgan fingerprint density at radius 3 is 2.52 bits per heavy atom. The van der Waals surface area contributed by atoms with E-state index in [0.717, 1.165) is 12.0 Å². The Kier molecular flexibility index (Phi) is 4.42. The van der Waals surface area contributed by atoms with E-state index in [-0.39, 0.29) is 17.9 Å². The third-order valence-corrected chi connectivity index (χ3v) is 4.31. The number of fused-ring (bicyclic) bond motifs is 1. The lowest BCUT2D eigenvalue weighted by atomic mass is 9.92. The number of hydrogen-bond acceptors (Lipinski definition) is 2. The topological polar surface area (TPSA) is 49.4 Å². The fourth-order valence-corrected chi connectivity index (χ4v) is 3.13. The highest BCUT2D eigenvalue weighted by Crippen LogP contribution is 2.29. The Labute approximate surface area is 136 Å². The molecule has 1 atom stereocenters. The van der Waals surface area contributed by atoms with Crippen LogP contribution in [0, 0.1) is 0 Å². The molecule has 1 N–H and O–H groups in total. The van der Waals surface area contributed by atoms with Crippen LogP contribution < -0.4 is 5.32 Å². The van der Waals surface area contributed by atoms with Gasteiger partial charge in [-0.2, -0.15) is 0 Å². The lowest BCUT2D eigenvalue weighted by molar-refractivity contribution is -0.131. The largest absolute Gasteiger partial charge is 0.350 e. The maximum absolute atomic E-state index is 12.3. The number of carbonyl (C=O) groups is 2. The lowest BCUT2D eigenvalue weighted by Crippen LogP contribution is -2.44. The zero-order valence-electron chi connectivity index (χ0n) is 13.2. The smallest absolute Gasteiger partial charge is 0.251 e. The van der Waals surface area contributed by atoms with Crippen molar-refractivity contribution in [2.24, 2.45) is 0 Å². The number of rotatable bonds is 3. The van der Waals surface area contributed by atoms with Crippen LogP contribution in [0.2, 0.25) is 0 Å². The van der Waals surface area contributed by atoms with Crippen LogP contribution in [0.15, 0.2) is 54.6 Å². The zero-order valence-corrected chi connectivity index (χ0v) is 13.2. The molecule has 4 nitrogen and oxygen atoms in total. The maximum atomic E-state index is 12.3. The lowest BCUT2D eigenvalue weighted by Gasteiger charge is -2.37. The van der Waals surface area contributed by atoms with Crippen molar-refractivity contribution in [2.75, 3.05) is 13.1 Å². The van der Waals surface area contributed by atoms with Crippen molar-refractivity contribution in [1.82, 2.24) is 10.2 Å². The second-order valence-corrected chi connectivity index (χ2v) is 5.75. The van der Waals surface area contributed by atoms with Crippen molar-refractivity contribution in [2.45, 2.75) is 19.4 Å². The molecule has 0 saturated heterocycles. The Morgan fingerprint density at radius 1 is 1.09 bits per heavy atom. The summed E-state index contributed by atoms with van der Waals surface area (Å²) in [4.78, 5) is 26.0. The first-order valence-electron chi connectivity index (χ1n) is 7.85. The van der Waals surface area contributed by atoms with Gasteiger partial charge in [-0.05, 0) is 29.7 Å². The Bertz CT molecular complexity index is 712. The summed E-state index contributed by atoms with van der Waals surface area (Å²) in [6.45, 7) is 2.70. The van der Waals surface area contributed by atoms with Crippen molar-refractivity contribution in [3.8, 4) is 0 Å². The van der Waals surface area contributed by atoms with Crippen molar-refractivity contribution in [3.05, 3.63) is 71.3 Å². The van der Waals surface area contributed by atoms with Gasteiger partial charge in [0, 0.05) is 25.6 Å². The highest BCUT2D eigenvalue weighted by molar-refractivity contribution is 5.94. The summed E-state index contributed by atoms with van der Waals surface area (Å²) in [6, 6.07) is 17.2. The van der Waals surface area contributed by atoms with Crippen LogP contribution in [0.25, 0.3) is 0 Å². The third-order valence-electron chi connectivity index (χ3n) is 4.31. The Hall–Kier alpha value is -2.62. The van der Waals surface area contributed by atoms with E-state index in [2.05, 4.69) is 11.4 Å². The van der Waals surface area contributed by atoms with Gasteiger partial charge in [0.25, 0.3) is 5.91 Å². The number of carbonyl (C=O) groups excluding carboxylic acids is 2. The minimum absolute atomic E-state index is 0.0402. The second kappa shape index (κ2) is 6.65. The minimum atomic E-state index is -0.114. The molecule has 1 aliphatic heterocycles. The molecule has 4 heteroatoms. The van der Waals surface area contributed by atoms with Crippen molar-refractivity contribution in [3.63, 3.8) is 0 Å². The van der Waals surface area contributed by atoms with Crippen LogP contribution in [0.5, 0.6) is 0 Å². The predicted molar refractivity (Wildman–Crippen MR) is 89.0 cm³/mol. The molecule has 0 saturated carbocycles. The molecule has 0 aliphatic carbocycles. The summed E-state index contributed by atoms with van der Waals surface area (Å²) >= 11 is 0. The summed E-state index contributed by atoms with van der Waals surface area (Å²) < 4.78 is 0. The van der Waals surface area contributed by atoms with Crippen LogP contribution in [0.1, 0.15) is 34.5 Å². The highest BCUT2D eigenvalue weighted by atomic mass is 16.2. The fraction of sp³-hybridized carbons (Fsp3) is 0.263. The molecule has 1 aliphatic rings. The molecule has 0 unspecified atom stereocenters. The average Bonchev–Trinajstić information content (AvgIpc) is 2.59. The van der Waals surface area contributed by atoms with E-state index in [1.807, 2.05) is 41.3 Å². The number of hydrogen-bond donors (Lipinski definition) is 1. The zero-order chi connectivity index (χ0) is 16.2. The molecule has 1 heterocycles. The molecule has 0 fully saturated rings. The summed E-state index contributed by atoms with van der Waals surface area (Å²) in [5.74, 6) is -0.0735. The Morgan fingerprint density at radius 2 is 1.78 bits per heavy atom. The van der Waals surface area contributed by atoms with Gasteiger partial charge in [0.05, 0.1) is 6.04 Å². The number of amides is 2. The first-order valence-corrected chi connectivity index (χ1v) is 7.85. The van der Waals surface area contributed by atoms with Crippen molar-refractivity contribution in [1.29, 1.82) is 0 Å². The molecule has 2 aromatic rings. The van der Waals surface area contributed by atoms with Crippen molar-refractivity contribution >= 4 is 11.8 Å². The van der Waals surface area contributed by atoms with Gasteiger partial charge in [-0.1, -0.05) is 42.5 Å². The van der Waals surface area contributed by atoms with Crippen LogP contribution in [0.3, 0.4) is 0 Å². The normalized spacial score (nSPS) is 16.6. The van der Waals surface area contributed by atoms with Crippen LogP contribution >= 0.6 is 0 Å². The summed E-state index contributed by atoms with van der Waals surface area (Å²) in [5, 5.41) is 2.96. The number of nitrogens with zero attached hydrogens (tertiary/aromatic N) is 1. The van der Waals surface area contributed by atoms with Crippen LogP contribution in [-0.4, -0.2) is 29.8 Å². The van der Waals surface area contributed by atoms with E-state index in [4.69, 9.17) is 0 Å². The standard InChI is InChI=1S/C19H20N2O2/c1-14(22)21-12-11-15-7-5-6-10-17(15)18(21)13-20-19(23)16-8-3-2-4-9-16/h2-10,18H,11-13H2,1H3,(H,20,23)/t18-/m0/s1. The summed E-state index contributed by atoms with van der Waals surface area (Å²) in [7, 11) is 0. The molecule has 0 spiro atoms. The van der Waals surface area contributed by atoms with Gasteiger partial charge in [0.1, 0.15) is 0 Å². The molecule has 0 bridgehead atoms. The van der Waals surface area contributed by atoms with E-state index >= 15 is 0 Å². The summed E-state index contributed by atoms with van der Waals surface area (Å²) in [5.41, 5.74) is 3.01. The molecular formula is C19H20N2O2. The van der Waals surface area contributed by atoms with Crippen molar-refractivity contribution < 1.29 is 9.59 Å². The quantitative estimate of drug-likeness (QED) is 0.947. The average molecular weight is 308 g/mol. The second-order valence-electron chi connectivity index (χ2n) is 5.75. The highest BCUT2D eigenvalue weighted by Gasteiger charge is 2.29. The maximum Gasteiger partial charge on any atom is 0.251 e. The fourth-order valence-electron chi connectivity index (χ4n) is 3.13. The number of benzene rings is 2. The van der Waals surface area contributed by atoms with E-state index < -0.39 is 0 Å². The molecule has 2 amide bonds. The van der Waals surface area contributed by atoms with Crippen LogP contribution in [0.4, 0.5) is 0 Å². The molecule has 3 rings (SSSR count). The van der Waals surface area contributed by atoms with Gasteiger partial charge in [-0.3, -0.25) is 9.59 Å². The molecule has 2 aromatic carbocycles. The molecule has 23 heavy (non-hydrogen) atoms. The van der Waals surface area contributed by atoms with E-state index in [0.29, 0.717) is 18.7 Å². The summed E-state index contributed by atoms with van der Waals surface area (Å²) in [6.07, 6.45) is 0.860. The number of nitrogens with one attached hydrogen (secondary N) is 1. The van der Waals surface area contributed by atoms with Gasteiger partial charge in [0.2, 0.25) is 5.91 Å². The van der Waals surface area contributed by atoms with Gasteiger partial charge < -0.3 is 10.2 Å². The van der Waals surface area contributed by atoms with E-state index in [1.165, 1.54) is 5.56 Å². The predicted octanol–water partition coefficient (Wildman–Crippen LogP) is 2.56. The molecular weight excluding hydrogens is 288 g/mol. The van der Waals surface area contributed by atoms with Gasteiger partial charge >= 0.3 is 0 Å². The van der Waals surface area contributed by atoms with Gasteiger partial charge in [-0.25, -0.2) is 0 Å². The SMILES string of the molecule is CC(=O)N1CCc2ccccc2[C@@H]1CNC(=O)c1ccccc1. The first-order chi connectivity index (χ1) is 11.2. The molecule has 0 aromatic heterocycles. The van der Waals surface area contributed by atoms with E-state index in [9.17, 15) is 9.59 Å². The minimum Gasteiger partial charge on any atom is -0.350 e. The Balaban J connectivity index is 1.78. The van der Waals surface area contributed by atoms with Gasteiger partial charge in [-0.15, -0.1) is 0 Å². The first kappa shape index (κ1) is 15.3. The monoisotopic (exact) mass is 308 g/mol. The molecule has 118 valence electrons. The van der Waals surface area contributed by atoms with Crippen LogP contribution in [-0.2, 0) is 11.2 Å². The third kappa shape index (κ3) is 3.26. The van der Waals surface area contributed by atoms with E-state index in [1.54, 1.807) is 19.1 Å².